The Morgan fingerprint density at radius 3 is 3.20 bits per heavy atom. The lowest BCUT2D eigenvalue weighted by Gasteiger charge is -2.15. The number of carbonyl (C=O) groups is 1. The summed E-state index contributed by atoms with van der Waals surface area (Å²) in [7, 11) is 0. The lowest BCUT2D eigenvalue weighted by atomic mass is 10.2. The van der Waals surface area contributed by atoms with E-state index in [9.17, 15) is 4.79 Å². The summed E-state index contributed by atoms with van der Waals surface area (Å²) in [6.07, 6.45) is -0.172. The van der Waals surface area contributed by atoms with E-state index in [-0.39, 0.29) is 18.1 Å². The van der Waals surface area contributed by atoms with Gasteiger partial charge in [0.05, 0.1) is 0 Å². The van der Waals surface area contributed by atoms with Crippen molar-refractivity contribution in [3.8, 4) is 0 Å². The molecule has 2 aliphatic rings. The Hall–Kier alpha value is -1.01. The highest BCUT2D eigenvalue weighted by Gasteiger charge is 2.34. The standard InChI is InChI=1S/C4H7N5O/c10-4-2-3(6-1-5-2)7-9-8-4/h2-3,5-6H,1H2,(H,7,8,10). The first kappa shape index (κ1) is 5.75. The summed E-state index contributed by atoms with van der Waals surface area (Å²) in [4.78, 5) is 10.9. The molecule has 2 rings (SSSR count). The molecule has 1 fully saturated rings. The molecule has 54 valence electrons. The van der Waals surface area contributed by atoms with E-state index in [1.165, 1.54) is 0 Å². The van der Waals surface area contributed by atoms with Gasteiger partial charge in [-0.3, -0.25) is 15.4 Å². The van der Waals surface area contributed by atoms with E-state index in [4.69, 9.17) is 0 Å². The van der Waals surface area contributed by atoms with Gasteiger partial charge in [-0.1, -0.05) is 5.22 Å². The van der Waals surface area contributed by atoms with Crippen LogP contribution in [-0.2, 0) is 4.79 Å². The Morgan fingerprint density at radius 2 is 2.40 bits per heavy atom. The van der Waals surface area contributed by atoms with Crippen LogP contribution < -0.4 is 16.1 Å². The summed E-state index contributed by atoms with van der Waals surface area (Å²) in [6.45, 7) is 0.613. The third-order valence-electron chi connectivity index (χ3n) is 1.57. The molecule has 6 heteroatoms. The quantitative estimate of drug-likeness (QED) is 0.377. The smallest absolute Gasteiger partial charge is 0.262 e. The maximum absolute atomic E-state index is 10.9. The fraction of sp³-hybridized carbons (Fsp3) is 0.750. The van der Waals surface area contributed by atoms with Gasteiger partial charge in [-0.2, -0.15) is 0 Å². The van der Waals surface area contributed by atoms with E-state index in [2.05, 4.69) is 26.4 Å². The highest BCUT2D eigenvalue weighted by molar-refractivity contribution is 5.82. The van der Waals surface area contributed by atoms with Crippen LogP contribution in [0.5, 0.6) is 0 Å². The number of hydrogen-bond donors (Lipinski definition) is 3. The van der Waals surface area contributed by atoms with Gasteiger partial charge in [0.2, 0.25) is 0 Å². The largest absolute Gasteiger partial charge is 0.290 e. The van der Waals surface area contributed by atoms with Gasteiger partial charge >= 0.3 is 0 Å². The predicted octanol–water partition coefficient (Wildman–Crippen LogP) is -1.67. The van der Waals surface area contributed by atoms with Gasteiger partial charge in [-0.15, -0.1) is 5.11 Å². The second kappa shape index (κ2) is 1.99. The van der Waals surface area contributed by atoms with Crippen molar-refractivity contribution in [1.29, 1.82) is 0 Å². The molecule has 2 unspecified atom stereocenters. The summed E-state index contributed by atoms with van der Waals surface area (Å²) in [6, 6.07) is -0.238. The molecule has 2 aliphatic heterocycles. The molecule has 0 aliphatic carbocycles. The van der Waals surface area contributed by atoms with Crippen LogP contribution in [0.25, 0.3) is 0 Å². The van der Waals surface area contributed by atoms with Crippen LogP contribution in [0.3, 0.4) is 0 Å². The van der Waals surface area contributed by atoms with E-state index in [0.717, 1.165) is 0 Å². The predicted molar refractivity (Wildman–Crippen MR) is 31.7 cm³/mol. The normalized spacial score (nSPS) is 37.4. The maximum atomic E-state index is 10.9. The molecule has 1 saturated heterocycles. The Balaban J connectivity index is 2.22. The fourth-order valence-electron chi connectivity index (χ4n) is 1.06. The summed E-state index contributed by atoms with van der Waals surface area (Å²) in [5, 5.41) is 13.1. The zero-order chi connectivity index (χ0) is 6.97. The second-order valence-corrected chi connectivity index (χ2v) is 2.20. The van der Waals surface area contributed by atoms with Crippen molar-refractivity contribution in [3.05, 3.63) is 0 Å². The second-order valence-electron chi connectivity index (χ2n) is 2.20. The number of hydrogen-bond acceptors (Lipinski definition) is 5. The lowest BCUT2D eigenvalue weighted by molar-refractivity contribution is -0.124. The molecule has 0 radical (unpaired) electrons. The van der Waals surface area contributed by atoms with Crippen LogP contribution in [0.2, 0.25) is 0 Å². The molecule has 0 aromatic heterocycles. The SMILES string of the molecule is O=C1NN=NC2NCNC12. The van der Waals surface area contributed by atoms with Crippen molar-refractivity contribution in [2.45, 2.75) is 12.2 Å². The van der Waals surface area contributed by atoms with Crippen molar-refractivity contribution in [2.24, 2.45) is 10.3 Å². The molecule has 3 N–H and O–H groups in total. The highest BCUT2D eigenvalue weighted by atomic mass is 16.2. The van der Waals surface area contributed by atoms with Gasteiger partial charge in [0.1, 0.15) is 12.2 Å². The molecule has 10 heavy (non-hydrogen) atoms. The van der Waals surface area contributed by atoms with E-state index in [1.54, 1.807) is 0 Å². The van der Waals surface area contributed by atoms with Crippen LogP contribution in [0.1, 0.15) is 0 Å². The third-order valence-corrected chi connectivity index (χ3v) is 1.57. The van der Waals surface area contributed by atoms with Crippen molar-refractivity contribution < 1.29 is 4.79 Å². The first-order valence-corrected chi connectivity index (χ1v) is 3.04. The molecule has 1 amide bonds. The van der Waals surface area contributed by atoms with Crippen molar-refractivity contribution in [2.75, 3.05) is 6.67 Å². The zero-order valence-electron chi connectivity index (χ0n) is 5.16. The number of amides is 1. The van der Waals surface area contributed by atoms with Gasteiger partial charge in [-0.05, 0) is 0 Å². The molecule has 0 bridgehead atoms. The molecule has 0 aromatic rings. The van der Waals surface area contributed by atoms with Crippen molar-refractivity contribution >= 4 is 5.91 Å². The highest BCUT2D eigenvalue weighted by Crippen LogP contribution is 2.05. The monoisotopic (exact) mass is 141 g/mol. The van der Waals surface area contributed by atoms with Crippen molar-refractivity contribution in [1.82, 2.24) is 16.1 Å². The Kier molecular flexibility index (Phi) is 1.15. The molecule has 0 aromatic carbocycles. The average Bonchev–Trinajstić information content (AvgIpc) is 2.36. The minimum absolute atomic E-state index is 0.120. The van der Waals surface area contributed by atoms with Crippen LogP contribution in [0.15, 0.2) is 10.3 Å². The first-order chi connectivity index (χ1) is 4.88. The zero-order valence-corrected chi connectivity index (χ0v) is 5.16. The number of carbonyl (C=O) groups excluding carboxylic acids is 1. The van der Waals surface area contributed by atoms with Gasteiger partial charge in [-0.25, -0.2) is 5.43 Å². The van der Waals surface area contributed by atoms with Crippen LogP contribution in [-0.4, -0.2) is 24.8 Å². The Labute approximate surface area is 57.1 Å². The van der Waals surface area contributed by atoms with Gasteiger partial charge in [0.25, 0.3) is 5.91 Å². The number of fused-ring (bicyclic) bond motifs is 1. The minimum Gasteiger partial charge on any atom is -0.290 e. The van der Waals surface area contributed by atoms with Gasteiger partial charge in [0, 0.05) is 6.67 Å². The maximum Gasteiger partial charge on any atom is 0.262 e. The number of nitrogens with one attached hydrogen (secondary N) is 3. The molecule has 0 saturated carbocycles. The topological polar surface area (TPSA) is 77.9 Å². The third kappa shape index (κ3) is 0.695. The average molecular weight is 141 g/mol. The summed E-state index contributed by atoms with van der Waals surface area (Å²) < 4.78 is 0. The van der Waals surface area contributed by atoms with E-state index < -0.39 is 0 Å². The Bertz CT molecular complexity index is 190. The van der Waals surface area contributed by atoms with E-state index in [1.807, 2.05) is 0 Å². The van der Waals surface area contributed by atoms with E-state index in [0.29, 0.717) is 6.67 Å². The number of rotatable bonds is 0. The van der Waals surface area contributed by atoms with Gasteiger partial charge in [0.15, 0.2) is 0 Å². The fourth-order valence-corrected chi connectivity index (χ4v) is 1.06. The molecule has 2 atom stereocenters. The lowest BCUT2D eigenvalue weighted by Crippen LogP contribution is -2.47. The molecular formula is C4H7N5O. The van der Waals surface area contributed by atoms with E-state index >= 15 is 0 Å². The Morgan fingerprint density at radius 1 is 1.50 bits per heavy atom. The molecule has 6 nitrogen and oxygen atoms in total. The van der Waals surface area contributed by atoms with Gasteiger partial charge < -0.3 is 0 Å². The molecule has 0 spiro atoms. The van der Waals surface area contributed by atoms with Crippen LogP contribution in [0, 0.1) is 0 Å². The van der Waals surface area contributed by atoms with Crippen molar-refractivity contribution in [3.63, 3.8) is 0 Å². The number of nitrogens with zero attached hydrogens (tertiary/aromatic N) is 2. The summed E-state index contributed by atoms with van der Waals surface area (Å²) >= 11 is 0. The van der Waals surface area contributed by atoms with Crippen LogP contribution in [0.4, 0.5) is 0 Å². The first-order valence-electron chi connectivity index (χ1n) is 3.04. The molecular weight excluding hydrogens is 134 g/mol. The van der Waals surface area contributed by atoms with Crippen LogP contribution >= 0.6 is 0 Å². The minimum atomic E-state index is -0.238. The summed E-state index contributed by atoms with van der Waals surface area (Å²) in [5.74, 6) is -0.120. The summed E-state index contributed by atoms with van der Waals surface area (Å²) in [5.41, 5.74) is 2.27. The molecule has 2 heterocycles.